The first-order chi connectivity index (χ1) is 12.1. The lowest BCUT2D eigenvalue weighted by Crippen LogP contribution is -2.21. The minimum Gasteiger partial charge on any atom is -0.351 e. The molecule has 0 amide bonds. The van der Waals surface area contributed by atoms with Gasteiger partial charge in [-0.15, -0.1) is 0 Å². The monoisotopic (exact) mass is 356 g/mol. The van der Waals surface area contributed by atoms with E-state index in [-0.39, 0.29) is 11.5 Å². The van der Waals surface area contributed by atoms with E-state index in [1.165, 1.54) is 17.7 Å². The fourth-order valence-electron chi connectivity index (χ4n) is 3.03. The third-order valence-electron chi connectivity index (χ3n) is 4.24. The van der Waals surface area contributed by atoms with Crippen LogP contribution in [-0.2, 0) is 0 Å². The summed E-state index contributed by atoms with van der Waals surface area (Å²) in [6, 6.07) is 5.94. The summed E-state index contributed by atoms with van der Waals surface area (Å²) >= 11 is 1.45. The van der Waals surface area contributed by atoms with Crippen molar-refractivity contribution in [2.24, 2.45) is 0 Å². The van der Waals surface area contributed by atoms with Crippen LogP contribution in [0.15, 0.2) is 24.5 Å². The molecule has 4 rings (SSSR count). The summed E-state index contributed by atoms with van der Waals surface area (Å²) in [7, 11) is 0. The summed E-state index contributed by atoms with van der Waals surface area (Å²) in [5, 5.41) is 15.3. The number of aromatic nitrogens is 3. The summed E-state index contributed by atoms with van der Waals surface area (Å²) < 4.78 is 1.03. The number of hydrogen-bond acceptors (Lipinski definition) is 8. The Morgan fingerprint density at radius 1 is 1.28 bits per heavy atom. The number of hydrogen-bond donors (Lipinski definition) is 1. The van der Waals surface area contributed by atoms with Crippen LogP contribution < -0.4 is 10.2 Å². The van der Waals surface area contributed by atoms with Crippen LogP contribution in [0.4, 0.5) is 22.5 Å². The average molecular weight is 356 g/mol. The van der Waals surface area contributed by atoms with Gasteiger partial charge in [-0.05, 0) is 31.4 Å². The van der Waals surface area contributed by atoms with E-state index in [4.69, 9.17) is 0 Å². The first-order valence-corrected chi connectivity index (χ1v) is 8.82. The fourth-order valence-corrected chi connectivity index (χ4v) is 3.97. The maximum atomic E-state index is 11.7. The zero-order chi connectivity index (χ0) is 17.4. The van der Waals surface area contributed by atoms with Crippen molar-refractivity contribution in [2.75, 3.05) is 23.3 Å². The van der Waals surface area contributed by atoms with Gasteiger partial charge in [-0.1, -0.05) is 23.5 Å². The van der Waals surface area contributed by atoms with Crippen molar-refractivity contribution in [3.63, 3.8) is 0 Å². The van der Waals surface area contributed by atoms with Crippen LogP contribution in [0.3, 0.4) is 0 Å². The first-order valence-electron chi connectivity index (χ1n) is 8.01. The van der Waals surface area contributed by atoms with Crippen molar-refractivity contribution in [3.05, 3.63) is 40.2 Å². The molecular weight excluding hydrogens is 340 g/mol. The van der Waals surface area contributed by atoms with Crippen molar-refractivity contribution in [1.82, 2.24) is 15.0 Å². The summed E-state index contributed by atoms with van der Waals surface area (Å²) in [5.41, 5.74) is 1.86. The summed E-state index contributed by atoms with van der Waals surface area (Å²) in [5.74, 6) is 0.552. The lowest BCUT2D eigenvalue weighted by molar-refractivity contribution is -0.383. The Bertz CT molecular complexity index is 951. The number of nitro groups is 1. The van der Waals surface area contributed by atoms with Crippen LogP contribution in [0.25, 0.3) is 10.2 Å². The van der Waals surface area contributed by atoms with E-state index in [2.05, 4.69) is 20.3 Å². The Morgan fingerprint density at radius 2 is 2.08 bits per heavy atom. The van der Waals surface area contributed by atoms with Crippen LogP contribution in [0.2, 0.25) is 0 Å². The second kappa shape index (κ2) is 6.25. The highest BCUT2D eigenvalue weighted by atomic mass is 32.1. The SMILES string of the molecule is Cc1cccc2sc(Nc3ncnc(N4CCCC4)c3[N+](=O)[O-])nc12. The topological polar surface area (TPSA) is 97.1 Å². The molecule has 8 nitrogen and oxygen atoms in total. The van der Waals surface area contributed by atoms with Crippen LogP contribution in [0, 0.1) is 17.0 Å². The van der Waals surface area contributed by atoms with Gasteiger partial charge in [-0.3, -0.25) is 10.1 Å². The van der Waals surface area contributed by atoms with E-state index in [0.29, 0.717) is 10.9 Å². The quantitative estimate of drug-likeness (QED) is 0.563. The molecular formula is C16H16N6O2S. The van der Waals surface area contributed by atoms with Gasteiger partial charge in [0, 0.05) is 13.1 Å². The average Bonchev–Trinajstić information content (AvgIpc) is 3.24. The predicted octanol–water partition coefficient (Wildman–Crippen LogP) is 3.65. The molecule has 0 spiro atoms. The lowest BCUT2D eigenvalue weighted by Gasteiger charge is -2.16. The number of nitrogens with zero attached hydrogens (tertiary/aromatic N) is 5. The molecule has 0 aliphatic carbocycles. The normalized spacial score (nSPS) is 14.2. The molecule has 3 heterocycles. The summed E-state index contributed by atoms with van der Waals surface area (Å²) in [4.78, 5) is 26.0. The van der Waals surface area contributed by atoms with Crippen LogP contribution in [-0.4, -0.2) is 33.0 Å². The molecule has 9 heteroatoms. The molecule has 0 saturated carbocycles. The van der Waals surface area contributed by atoms with Crippen molar-refractivity contribution in [1.29, 1.82) is 0 Å². The maximum absolute atomic E-state index is 11.7. The molecule has 128 valence electrons. The van der Waals surface area contributed by atoms with Gasteiger partial charge >= 0.3 is 5.69 Å². The summed E-state index contributed by atoms with van der Waals surface area (Å²) in [6.45, 7) is 3.54. The van der Waals surface area contributed by atoms with E-state index in [0.717, 1.165) is 41.7 Å². The molecule has 0 bridgehead atoms. The molecule has 0 unspecified atom stereocenters. The number of nitrogens with one attached hydrogen (secondary N) is 1. The third kappa shape index (κ3) is 2.86. The lowest BCUT2D eigenvalue weighted by atomic mass is 10.2. The Kier molecular flexibility index (Phi) is 3.92. The van der Waals surface area contributed by atoms with E-state index in [1.807, 2.05) is 30.0 Å². The highest BCUT2D eigenvalue weighted by Crippen LogP contribution is 2.36. The molecule has 25 heavy (non-hydrogen) atoms. The maximum Gasteiger partial charge on any atom is 0.353 e. The van der Waals surface area contributed by atoms with Gasteiger partial charge in [0.1, 0.15) is 6.33 Å². The highest BCUT2D eigenvalue weighted by molar-refractivity contribution is 7.22. The van der Waals surface area contributed by atoms with Gasteiger partial charge < -0.3 is 10.2 Å². The number of aryl methyl sites for hydroxylation is 1. The van der Waals surface area contributed by atoms with E-state index < -0.39 is 4.92 Å². The number of benzene rings is 1. The molecule has 1 aliphatic heterocycles. The minimum atomic E-state index is -0.422. The zero-order valence-electron chi connectivity index (χ0n) is 13.6. The molecule has 0 radical (unpaired) electrons. The molecule has 0 atom stereocenters. The number of para-hydroxylation sites is 1. The van der Waals surface area contributed by atoms with E-state index >= 15 is 0 Å². The van der Waals surface area contributed by atoms with Crippen molar-refractivity contribution < 1.29 is 4.92 Å². The number of thiazole rings is 1. The zero-order valence-corrected chi connectivity index (χ0v) is 14.4. The second-order valence-electron chi connectivity index (χ2n) is 5.91. The van der Waals surface area contributed by atoms with Crippen molar-refractivity contribution in [3.8, 4) is 0 Å². The number of anilines is 3. The molecule has 1 fully saturated rings. The second-order valence-corrected chi connectivity index (χ2v) is 6.94. The van der Waals surface area contributed by atoms with Gasteiger partial charge in [0.05, 0.1) is 15.1 Å². The van der Waals surface area contributed by atoms with E-state index in [9.17, 15) is 10.1 Å². The standard InChI is InChI=1S/C16H16N6O2S/c1-10-5-4-6-11-12(10)19-16(25-11)20-14-13(22(23)24)15(18-9-17-14)21-7-2-3-8-21/h4-6,9H,2-3,7-8H2,1H3,(H,17,18,19,20). The van der Waals surface area contributed by atoms with Crippen LogP contribution >= 0.6 is 11.3 Å². The van der Waals surface area contributed by atoms with Crippen LogP contribution in [0.1, 0.15) is 18.4 Å². The largest absolute Gasteiger partial charge is 0.353 e. The Morgan fingerprint density at radius 3 is 2.80 bits per heavy atom. The Labute approximate surface area is 147 Å². The minimum absolute atomic E-state index is 0.0969. The van der Waals surface area contributed by atoms with Gasteiger partial charge in [0.15, 0.2) is 5.13 Å². The fraction of sp³-hybridized carbons (Fsp3) is 0.312. The number of rotatable bonds is 4. The molecule has 1 aromatic carbocycles. The van der Waals surface area contributed by atoms with Crippen molar-refractivity contribution in [2.45, 2.75) is 19.8 Å². The highest BCUT2D eigenvalue weighted by Gasteiger charge is 2.29. The summed E-state index contributed by atoms with van der Waals surface area (Å²) in [6.07, 6.45) is 3.39. The van der Waals surface area contributed by atoms with Gasteiger partial charge in [-0.25, -0.2) is 15.0 Å². The smallest absolute Gasteiger partial charge is 0.351 e. The molecule has 1 aliphatic rings. The van der Waals surface area contributed by atoms with Gasteiger partial charge in [-0.2, -0.15) is 0 Å². The molecule has 1 saturated heterocycles. The van der Waals surface area contributed by atoms with Crippen LogP contribution in [0.5, 0.6) is 0 Å². The van der Waals surface area contributed by atoms with Gasteiger partial charge in [0.25, 0.3) is 0 Å². The Balaban J connectivity index is 1.75. The molecule has 3 aromatic rings. The third-order valence-corrected chi connectivity index (χ3v) is 5.17. The first kappa shape index (κ1) is 15.7. The predicted molar refractivity (Wildman–Crippen MR) is 97.8 cm³/mol. The van der Waals surface area contributed by atoms with Gasteiger partial charge in [0.2, 0.25) is 11.6 Å². The van der Waals surface area contributed by atoms with Crippen molar-refractivity contribution >= 4 is 44.0 Å². The molecule has 2 aromatic heterocycles. The van der Waals surface area contributed by atoms with E-state index in [1.54, 1.807) is 0 Å². The Hall–Kier alpha value is -2.81. The number of fused-ring (bicyclic) bond motifs is 1. The molecule has 1 N–H and O–H groups in total.